The summed E-state index contributed by atoms with van der Waals surface area (Å²) in [5.74, 6) is 1.34. The molecular formula is C22H27N3O3. The van der Waals surface area contributed by atoms with Gasteiger partial charge in [-0.2, -0.15) is 0 Å². The molecule has 1 aromatic carbocycles. The molecule has 0 saturated carbocycles. The molecule has 28 heavy (non-hydrogen) atoms. The van der Waals surface area contributed by atoms with E-state index in [0.29, 0.717) is 23.2 Å². The highest BCUT2D eigenvalue weighted by molar-refractivity contribution is 5.94. The zero-order valence-electron chi connectivity index (χ0n) is 16.0. The van der Waals surface area contributed by atoms with Gasteiger partial charge in [-0.3, -0.25) is 14.7 Å². The van der Waals surface area contributed by atoms with Crippen LogP contribution in [0, 0.1) is 5.92 Å². The van der Waals surface area contributed by atoms with Gasteiger partial charge in [0.2, 0.25) is 5.91 Å². The Hall–Kier alpha value is -2.44. The highest BCUT2D eigenvalue weighted by Crippen LogP contribution is 2.30. The van der Waals surface area contributed by atoms with Crippen molar-refractivity contribution in [2.45, 2.75) is 31.7 Å². The summed E-state index contributed by atoms with van der Waals surface area (Å²) in [5.41, 5.74) is 0.694. The number of ether oxygens (including phenoxy) is 2. The molecular weight excluding hydrogens is 354 g/mol. The molecule has 6 heteroatoms. The summed E-state index contributed by atoms with van der Waals surface area (Å²) < 4.78 is 11.4. The van der Waals surface area contributed by atoms with Crippen molar-refractivity contribution in [3.05, 3.63) is 48.8 Å². The van der Waals surface area contributed by atoms with E-state index < -0.39 is 0 Å². The van der Waals surface area contributed by atoms with Crippen LogP contribution < -0.4 is 10.1 Å². The van der Waals surface area contributed by atoms with Gasteiger partial charge in [0.1, 0.15) is 5.75 Å². The minimum Gasteiger partial charge on any atom is -0.454 e. The van der Waals surface area contributed by atoms with E-state index >= 15 is 0 Å². The highest BCUT2D eigenvalue weighted by atomic mass is 16.5. The maximum Gasteiger partial charge on any atom is 0.228 e. The van der Waals surface area contributed by atoms with Gasteiger partial charge in [0.05, 0.1) is 17.8 Å². The first kappa shape index (κ1) is 18.9. The lowest BCUT2D eigenvalue weighted by Gasteiger charge is -2.39. The van der Waals surface area contributed by atoms with E-state index in [-0.39, 0.29) is 11.8 Å². The molecule has 0 aliphatic carbocycles. The van der Waals surface area contributed by atoms with Crippen molar-refractivity contribution >= 4 is 11.6 Å². The van der Waals surface area contributed by atoms with Crippen LogP contribution in [0.3, 0.4) is 0 Å². The predicted octanol–water partition coefficient (Wildman–Crippen LogP) is 3.70. The van der Waals surface area contributed by atoms with E-state index in [2.05, 4.69) is 15.2 Å². The van der Waals surface area contributed by atoms with Gasteiger partial charge in [0.15, 0.2) is 5.75 Å². The molecule has 1 atom stereocenters. The maximum atomic E-state index is 13.0. The summed E-state index contributed by atoms with van der Waals surface area (Å²) in [5, 5.41) is 3.09. The highest BCUT2D eigenvalue weighted by Gasteiger charge is 2.30. The Morgan fingerprint density at radius 3 is 2.82 bits per heavy atom. The Balaban J connectivity index is 1.40. The second kappa shape index (κ2) is 9.17. The number of pyridine rings is 1. The predicted molar refractivity (Wildman–Crippen MR) is 108 cm³/mol. The van der Waals surface area contributed by atoms with E-state index in [1.165, 1.54) is 0 Å². The number of carbonyl (C=O) groups excluding carboxylic acids is 1. The number of hydrogen-bond acceptors (Lipinski definition) is 5. The Morgan fingerprint density at radius 1 is 1.14 bits per heavy atom. The molecule has 1 N–H and O–H groups in total. The van der Waals surface area contributed by atoms with E-state index in [0.717, 1.165) is 52.0 Å². The number of likely N-dealkylation sites (tertiary alicyclic amines) is 1. The quantitative estimate of drug-likeness (QED) is 0.856. The smallest absolute Gasteiger partial charge is 0.228 e. The normalized spacial score (nSPS) is 21.2. The molecule has 2 saturated heterocycles. The molecule has 0 radical (unpaired) electrons. The second-order valence-electron chi connectivity index (χ2n) is 7.45. The number of anilines is 1. The number of hydrogen-bond donors (Lipinski definition) is 1. The molecule has 2 aromatic rings. The van der Waals surface area contributed by atoms with Crippen molar-refractivity contribution in [2.75, 3.05) is 31.6 Å². The average molecular weight is 381 g/mol. The van der Waals surface area contributed by atoms with Crippen LogP contribution in [-0.2, 0) is 9.53 Å². The fourth-order valence-corrected chi connectivity index (χ4v) is 4.03. The zero-order valence-corrected chi connectivity index (χ0v) is 16.0. The summed E-state index contributed by atoms with van der Waals surface area (Å²) in [6.45, 7) is 3.56. The third-order valence-electron chi connectivity index (χ3n) is 5.54. The van der Waals surface area contributed by atoms with Crippen LogP contribution in [0.5, 0.6) is 11.5 Å². The number of nitrogens with one attached hydrogen (secondary N) is 1. The molecule has 1 unspecified atom stereocenters. The molecule has 1 aromatic heterocycles. The fourth-order valence-electron chi connectivity index (χ4n) is 4.03. The van der Waals surface area contributed by atoms with Crippen molar-refractivity contribution in [1.29, 1.82) is 0 Å². The second-order valence-corrected chi connectivity index (χ2v) is 7.45. The molecule has 3 heterocycles. The number of nitrogens with zero attached hydrogens (tertiary/aromatic N) is 2. The number of amides is 1. The van der Waals surface area contributed by atoms with Crippen LogP contribution >= 0.6 is 0 Å². The lowest BCUT2D eigenvalue weighted by atomic mass is 9.94. The molecule has 2 fully saturated rings. The van der Waals surface area contributed by atoms with Crippen molar-refractivity contribution in [3.63, 3.8) is 0 Å². The molecule has 6 nitrogen and oxygen atoms in total. The van der Waals surface area contributed by atoms with E-state index in [1.54, 1.807) is 12.4 Å². The zero-order chi connectivity index (χ0) is 19.2. The lowest BCUT2D eigenvalue weighted by Crippen LogP contribution is -2.47. The molecule has 2 aliphatic rings. The lowest BCUT2D eigenvalue weighted by molar-refractivity contribution is -0.122. The van der Waals surface area contributed by atoms with Gasteiger partial charge in [0, 0.05) is 32.0 Å². The Labute approximate surface area is 165 Å². The van der Waals surface area contributed by atoms with Gasteiger partial charge in [-0.05, 0) is 56.5 Å². The molecule has 1 amide bonds. The summed E-state index contributed by atoms with van der Waals surface area (Å²) in [4.78, 5) is 19.5. The Bertz CT molecular complexity index is 778. The number of carbonyl (C=O) groups is 1. The minimum atomic E-state index is 0.00282. The molecule has 148 valence electrons. The average Bonchev–Trinajstić information content (AvgIpc) is 2.76. The number of rotatable bonds is 5. The topological polar surface area (TPSA) is 63.7 Å². The van der Waals surface area contributed by atoms with Crippen LogP contribution in [0.25, 0.3) is 0 Å². The van der Waals surface area contributed by atoms with Gasteiger partial charge in [-0.15, -0.1) is 0 Å². The molecule has 0 bridgehead atoms. The first-order valence-corrected chi connectivity index (χ1v) is 10.1. The third kappa shape index (κ3) is 4.69. The van der Waals surface area contributed by atoms with Gasteiger partial charge in [-0.1, -0.05) is 12.1 Å². The van der Waals surface area contributed by atoms with Crippen LogP contribution in [0.1, 0.15) is 25.7 Å². The van der Waals surface area contributed by atoms with Gasteiger partial charge in [-0.25, -0.2) is 0 Å². The SMILES string of the molecule is O=C(Nc1ccccc1Oc1cccnc1)C1CCCN(C2CCOCC2)C1. The Kier molecular flexibility index (Phi) is 6.19. The van der Waals surface area contributed by atoms with Crippen LogP contribution in [0.4, 0.5) is 5.69 Å². The van der Waals surface area contributed by atoms with Crippen molar-refractivity contribution in [3.8, 4) is 11.5 Å². The van der Waals surface area contributed by atoms with Crippen LogP contribution in [0.2, 0.25) is 0 Å². The van der Waals surface area contributed by atoms with E-state index in [4.69, 9.17) is 9.47 Å². The minimum absolute atomic E-state index is 0.00282. The number of aromatic nitrogens is 1. The summed E-state index contributed by atoms with van der Waals surface area (Å²) in [7, 11) is 0. The number of piperidine rings is 1. The van der Waals surface area contributed by atoms with E-state index in [9.17, 15) is 4.79 Å². The fraction of sp³-hybridized carbons (Fsp3) is 0.455. The van der Waals surface area contributed by atoms with Crippen molar-refractivity contribution in [1.82, 2.24) is 9.88 Å². The van der Waals surface area contributed by atoms with Gasteiger partial charge < -0.3 is 14.8 Å². The summed E-state index contributed by atoms with van der Waals surface area (Å²) in [6.07, 6.45) is 7.48. The standard InChI is InChI=1S/C22H27N3O3/c26-22(17-5-4-12-25(16-17)18-9-13-27-14-10-18)24-20-7-1-2-8-21(20)28-19-6-3-11-23-15-19/h1-3,6-8,11,15,17-18H,4-5,9-10,12-14,16H2,(H,24,26). The number of para-hydroxylation sites is 2. The third-order valence-corrected chi connectivity index (χ3v) is 5.54. The maximum absolute atomic E-state index is 13.0. The van der Waals surface area contributed by atoms with Gasteiger partial charge in [0.25, 0.3) is 0 Å². The summed E-state index contributed by atoms with van der Waals surface area (Å²) >= 11 is 0. The molecule has 0 spiro atoms. The van der Waals surface area contributed by atoms with Crippen LogP contribution in [0.15, 0.2) is 48.8 Å². The largest absolute Gasteiger partial charge is 0.454 e. The monoisotopic (exact) mass is 381 g/mol. The Morgan fingerprint density at radius 2 is 2.00 bits per heavy atom. The molecule has 2 aliphatic heterocycles. The summed E-state index contributed by atoms with van der Waals surface area (Å²) in [6, 6.07) is 11.8. The first-order chi connectivity index (χ1) is 13.8. The van der Waals surface area contributed by atoms with E-state index in [1.807, 2.05) is 36.4 Å². The number of benzene rings is 1. The van der Waals surface area contributed by atoms with Crippen molar-refractivity contribution < 1.29 is 14.3 Å². The first-order valence-electron chi connectivity index (χ1n) is 10.1. The van der Waals surface area contributed by atoms with Crippen molar-refractivity contribution in [2.24, 2.45) is 5.92 Å². The van der Waals surface area contributed by atoms with Gasteiger partial charge >= 0.3 is 0 Å². The van der Waals surface area contributed by atoms with Crippen LogP contribution in [-0.4, -0.2) is 48.1 Å². The molecule has 4 rings (SSSR count).